The molecule has 4 N–H and O–H groups in total. The Kier molecular flexibility index (Phi) is 11.2. The van der Waals surface area contributed by atoms with Crippen LogP contribution in [0.1, 0.15) is 58.2 Å². The highest BCUT2D eigenvalue weighted by Crippen LogP contribution is 2.22. The molecule has 0 radical (unpaired) electrons. The maximum atomic E-state index is 13.6. The van der Waals surface area contributed by atoms with Gasteiger partial charge in [-0.3, -0.25) is 18.7 Å². The van der Waals surface area contributed by atoms with Gasteiger partial charge in [-0.15, -0.1) is 0 Å². The third kappa shape index (κ3) is 9.15. The standard InChI is InChI=1S/C31H38N4O6S/c1-5-28(31(38)39)32-20-26(16-22-12-8-6-9-13-22)34-30(37)25-17-24(18-27(19-25)35(3)42(4,40)41)29(36)33-21(2)23-14-10-7-11-15-23/h6-15,17-19,21,26,28,32H,5,16,20H2,1-4H3,(H,33,36)(H,34,37)(H,38,39)/t21-,26+,28+/m1/s1. The molecule has 0 aliphatic carbocycles. The molecule has 10 nitrogen and oxygen atoms in total. The summed E-state index contributed by atoms with van der Waals surface area (Å²) in [4.78, 5) is 38.4. The van der Waals surface area contributed by atoms with Crippen LogP contribution in [0.15, 0.2) is 78.9 Å². The van der Waals surface area contributed by atoms with Crippen molar-refractivity contribution in [2.45, 2.75) is 44.8 Å². The molecule has 224 valence electrons. The number of nitrogens with zero attached hydrogens (tertiary/aromatic N) is 1. The predicted molar refractivity (Wildman–Crippen MR) is 163 cm³/mol. The average Bonchev–Trinajstić information content (AvgIpc) is 2.97. The molecule has 2 amide bonds. The van der Waals surface area contributed by atoms with E-state index in [-0.39, 0.29) is 29.4 Å². The minimum absolute atomic E-state index is 0.0869. The zero-order chi connectivity index (χ0) is 30.9. The van der Waals surface area contributed by atoms with Gasteiger partial charge in [-0.2, -0.15) is 0 Å². The number of carbonyl (C=O) groups is 3. The lowest BCUT2D eigenvalue weighted by Crippen LogP contribution is -2.48. The van der Waals surface area contributed by atoms with Crippen molar-refractivity contribution in [3.05, 3.63) is 101 Å². The lowest BCUT2D eigenvalue weighted by molar-refractivity contribution is -0.139. The number of benzene rings is 3. The molecule has 0 aliphatic heterocycles. The van der Waals surface area contributed by atoms with Crippen LogP contribution in [-0.4, -0.2) is 63.2 Å². The molecule has 0 aromatic heterocycles. The topological polar surface area (TPSA) is 145 Å². The first-order valence-corrected chi connectivity index (χ1v) is 15.5. The van der Waals surface area contributed by atoms with Crippen molar-refractivity contribution in [3.63, 3.8) is 0 Å². The molecule has 0 bridgehead atoms. The number of carboxylic acids is 1. The van der Waals surface area contributed by atoms with E-state index < -0.39 is 39.9 Å². The minimum Gasteiger partial charge on any atom is -0.480 e. The van der Waals surface area contributed by atoms with E-state index in [1.54, 1.807) is 6.92 Å². The van der Waals surface area contributed by atoms with Crippen LogP contribution >= 0.6 is 0 Å². The van der Waals surface area contributed by atoms with Gasteiger partial charge in [0.2, 0.25) is 10.0 Å². The monoisotopic (exact) mass is 594 g/mol. The van der Waals surface area contributed by atoms with Crippen LogP contribution in [0.5, 0.6) is 0 Å². The number of sulfonamides is 1. The van der Waals surface area contributed by atoms with Gasteiger partial charge < -0.3 is 21.1 Å². The van der Waals surface area contributed by atoms with E-state index in [0.717, 1.165) is 21.7 Å². The highest BCUT2D eigenvalue weighted by atomic mass is 32.2. The van der Waals surface area contributed by atoms with Gasteiger partial charge in [0.25, 0.3) is 11.8 Å². The first-order chi connectivity index (χ1) is 19.9. The second-order valence-corrected chi connectivity index (χ2v) is 12.2. The van der Waals surface area contributed by atoms with E-state index in [0.29, 0.717) is 12.8 Å². The fraction of sp³-hybridized carbons (Fsp3) is 0.323. The summed E-state index contributed by atoms with van der Waals surface area (Å²) in [6, 6.07) is 21.4. The largest absolute Gasteiger partial charge is 0.480 e. The quantitative estimate of drug-likeness (QED) is 0.224. The maximum absolute atomic E-state index is 13.6. The Morgan fingerprint density at radius 2 is 1.43 bits per heavy atom. The molecule has 3 rings (SSSR count). The number of nitrogens with one attached hydrogen (secondary N) is 3. The summed E-state index contributed by atoms with van der Waals surface area (Å²) in [6.07, 6.45) is 1.81. The van der Waals surface area contributed by atoms with Crippen LogP contribution in [0, 0.1) is 0 Å². The Labute approximate surface area is 247 Å². The number of carbonyl (C=O) groups excluding carboxylic acids is 2. The van der Waals surface area contributed by atoms with Crippen LogP contribution in [-0.2, 0) is 21.2 Å². The fourth-order valence-corrected chi connectivity index (χ4v) is 4.87. The number of aliphatic carboxylic acids is 1. The number of anilines is 1. The molecule has 0 spiro atoms. The Balaban J connectivity index is 1.92. The molecule has 0 fully saturated rings. The summed E-state index contributed by atoms with van der Waals surface area (Å²) in [6.45, 7) is 3.76. The smallest absolute Gasteiger partial charge is 0.320 e. The highest BCUT2D eigenvalue weighted by Gasteiger charge is 2.23. The number of carboxylic acid groups (broad SMARTS) is 1. The van der Waals surface area contributed by atoms with Crippen molar-refractivity contribution in [2.24, 2.45) is 0 Å². The van der Waals surface area contributed by atoms with Gasteiger partial charge in [0, 0.05) is 30.8 Å². The van der Waals surface area contributed by atoms with Crippen molar-refractivity contribution in [2.75, 3.05) is 24.2 Å². The van der Waals surface area contributed by atoms with Crippen LogP contribution in [0.4, 0.5) is 5.69 Å². The Morgan fingerprint density at radius 3 is 1.95 bits per heavy atom. The Hall–Kier alpha value is -4.22. The van der Waals surface area contributed by atoms with Crippen molar-refractivity contribution in [1.82, 2.24) is 16.0 Å². The average molecular weight is 595 g/mol. The zero-order valence-corrected chi connectivity index (χ0v) is 25.0. The van der Waals surface area contributed by atoms with Gasteiger partial charge in [-0.25, -0.2) is 8.42 Å². The fourth-order valence-electron chi connectivity index (χ4n) is 4.38. The number of hydrogen-bond donors (Lipinski definition) is 4. The summed E-state index contributed by atoms with van der Waals surface area (Å²) >= 11 is 0. The molecular formula is C31H38N4O6S. The van der Waals surface area contributed by atoms with Crippen LogP contribution in [0.25, 0.3) is 0 Å². The first kappa shape index (κ1) is 32.3. The summed E-state index contributed by atoms with van der Waals surface area (Å²) in [5.41, 5.74) is 2.18. The Morgan fingerprint density at radius 1 is 0.881 bits per heavy atom. The van der Waals surface area contributed by atoms with Crippen LogP contribution in [0.3, 0.4) is 0 Å². The van der Waals surface area contributed by atoms with Crippen molar-refractivity contribution >= 4 is 33.5 Å². The van der Waals surface area contributed by atoms with Crippen LogP contribution in [0.2, 0.25) is 0 Å². The third-order valence-electron chi connectivity index (χ3n) is 6.93. The van der Waals surface area contributed by atoms with E-state index in [9.17, 15) is 27.9 Å². The molecule has 0 heterocycles. The van der Waals surface area contributed by atoms with Gasteiger partial charge in [-0.05, 0) is 49.1 Å². The second-order valence-electron chi connectivity index (χ2n) is 10.2. The van der Waals surface area contributed by atoms with Crippen molar-refractivity contribution in [3.8, 4) is 0 Å². The summed E-state index contributed by atoms with van der Waals surface area (Å²) in [5, 5.41) is 18.3. The molecule has 0 aliphatic rings. The number of amides is 2. The molecule has 3 atom stereocenters. The van der Waals surface area contributed by atoms with Gasteiger partial charge in [0.05, 0.1) is 18.0 Å². The van der Waals surface area contributed by atoms with Crippen molar-refractivity contribution < 1.29 is 27.9 Å². The first-order valence-electron chi connectivity index (χ1n) is 13.6. The predicted octanol–water partition coefficient (Wildman–Crippen LogP) is 3.37. The minimum atomic E-state index is -3.70. The van der Waals surface area contributed by atoms with Gasteiger partial charge in [0.15, 0.2) is 0 Å². The van der Waals surface area contributed by atoms with E-state index in [4.69, 9.17) is 0 Å². The molecule has 0 saturated heterocycles. The summed E-state index contributed by atoms with van der Waals surface area (Å²) < 4.78 is 25.7. The molecular weight excluding hydrogens is 556 g/mol. The van der Waals surface area contributed by atoms with E-state index in [2.05, 4.69) is 16.0 Å². The summed E-state index contributed by atoms with van der Waals surface area (Å²) in [7, 11) is -2.35. The van der Waals surface area contributed by atoms with Crippen molar-refractivity contribution in [1.29, 1.82) is 0 Å². The molecule has 3 aromatic carbocycles. The zero-order valence-electron chi connectivity index (χ0n) is 24.2. The lowest BCUT2D eigenvalue weighted by Gasteiger charge is -2.23. The molecule has 42 heavy (non-hydrogen) atoms. The van der Waals surface area contributed by atoms with Gasteiger partial charge in [0.1, 0.15) is 6.04 Å². The lowest BCUT2D eigenvalue weighted by atomic mass is 10.0. The van der Waals surface area contributed by atoms with Gasteiger partial charge >= 0.3 is 5.97 Å². The van der Waals surface area contributed by atoms with E-state index in [1.165, 1.54) is 25.2 Å². The molecule has 0 unspecified atom stereocenters. The molecule has 3 aromatic rings. The normalized spacial score (nSPS) is 13.4. The maximum Gasteiger partial charge on any atom is 0.320 e. The second kappa shape index (κ2) is 14.6. The Bertz CT molecular complexity index is 1480. The van der Waals surface area contributed by atoms with Crippen LogP contribution < -0.4 is 20.3 Å². The van der Waals surface area contributed by atoms with E-state index in [1.807, 2.05) is 67.6 Å². The molecule has 0 saturated carbocycles. The third-order valence-corrected chi connectivity index (χ3v) is 8.13. The molecule has 11 heteroatoms. The summed E-state index contributed by atoms with van der Waals surface area (Å²) in [5.74, 6) is -1.99. The number of rotatable bonds is 14. The highest BCUT2D eigenvalue weighted by molar-refractivity contribution is 7.92. The van der Waals surface area contributed by atoms with Gasteiger partial charge in [-0.1, -0.05) is 67.6 Å². The number of hydrogen-bond acceptors (Lipinski definition) is 6. The van der Waals surface area contributed by atoms with E-state index >= 15 is 0 Å². The SMILES string of the molecule is CC[C@H](NC[C@H](Cc1ccccc1)NC(=O)c1cc(C(=O)N[C@H](C)c2ccccc2)cc(N(C)S(C)(=O)=O)c1)C(=O)O.